The van der Waals surface area contributed by atoms with Gasteiger partial charge in [-0.1, -0.05) is 48.5 Å². The maximum Gasteiger partial charge on any atom is 0.338 e. The molecule has 5 heteroatoms. The number of hydrogen-bond acceptors (Lipinski definition) is 4. The Morgan fingerprint density at radius 3 is 2.26 bits per heavy atom. The van der Waals surface area contributed by atoms with Gasteiger partial charge in [0, 0.05) is 16.1 Å². The maximum absolute atomic E-state index is 12.2. The number of ether oxygens (including phenoxy) is 1. The summed E-state index contributed by atoms with van der Waals surface area (Å²) in [6, 6.07) is 24.4. The van der Waals surface area contributed by atoms with E-state index >= 15 is 0 Å². The zero-order chi connectivity index (χ0) is 19.1. The number of benzene rings is 3. The van der Waals surface area contributed by atoms with Crippen LogP contribution in [0, 0.1) is 0 Å². The lowest BCUT2D eigenvalue weighted by Gasteiger charge is -2.11. The summed E-state index contributed by atoms with van der Waals surface area (Å²) in [6.45, 7) is -0.341. The molecule has 3 rings (SSSR count). The van der Waals surface area contributed by atoms with Crippen molar-refractivity contribution in [3.8, 4) is 11.1 Å². The number of carbonyl (C=O) groups is 2. The van der Waals surface area contributed by atoms with Crippen LogP contribution in [-0.2, 0) is 9.53 Å². The van der Waals surface area contributed by atoms with E-state index in [1.54, 1.807) is 23.9 Å². The van der Waals surface area contributed by atoms with E-state index in [9.17, 15) is 9.59 Å². The number of para-hydroxylation sites is 1. The molecule has 0 heterocycles. The van der Waals surface area contributed by atoms with Gasteiger partial charge in [-0.3, -0.25) is 4.79 Å². The Hall–Kier alpha value is -3.05. The van der Waals surface area contributed by atoms with Gasteiger partial charge in [-0.2, -0.15) is 0 Å². The van der Waals surface area contributed by atoms with Crippen molar-refractivity contribution in [1.29, 1.82) is 0 Å². The first-order chi connectivity index (χ1) is 13.2. The van der Waals surface area contributed by atoms with Crippen molar-refractivity contribution >= 4 is 29.3 Å². The average molecular weight is 377 g/mol. The topological polar surface area (TPSA) is 55.4 Å². The third kappa shape index (κ3) is 4.99. The number of thioether (sulfide) groups is 1. The highest BCUT2D eigenvalue weighted by Gasteiger charge is 2.12. The van der Waals surface area contributed by atoms with E-state index in [4.69, 9.17) is 4.74 Å². The second-order valence-corrected chi connectivity index (χ2v) is 6.64. The van der Waals surface area contributed by atoms with Gasteiger partial charge < -0.3 is 10.1 Å². The molecule has 0 aliphatic heterocycles. The van der Waals surface area contributed by atoms with Gasteiger partial charge in [0.2, 0.25) is 0 Å². The second kappa shape index (κ2) is 9.05. The molecule has 136 valence electrons. The molecule has 4 nitrogen and oxygen atoms in total. The van der Waals surface area contributed by atoms with Crippen molar-refractivity contribution in [3.05, 3.63) is 84.4 Å². The van der Waals surface area contributed by atoms with Gasteiger partial charge in [-0.25, -0.2) is 4.79 Å². The highest BCUT2D eigenvalue weighted by molar-refractivity contribution is 7.98. The molecule has 3 aromatic rings. The lowest BCUT2D eigenvalue weighted by atomic mass is 10.0. The van der Waals surface area contributed by atoms with Crippen molar-refractivity contribution in [2.45, 2.75) is 4.90 Å². The first kappa shape index (κ1) is 18.7. The van der Waals surface area contributed by atoms with Crippen LogP contribution in [0.4, 0.5) is 5.69 Å². The molecule has 0 aliphatic carbocycles. The number of carbonyl (C=O) groups excluding carboxylic acids is 2. The van der Waals surface area contributed by atoms with Crippen molar-refractivity contribution < 1.29 is 14.3 Å². The van der Waals surface area contributed by atoms with Crippen LogP contribution in [0.5, 0.6) is 0 Å². The number of anilines is 1. The van der Waals surface area contributed by atoms with Crippen LogP contribution in [0.2, 0.25) is 0 Å². The molecule has 0 aliphatic rings. The second-order valence-electron chi connectivity index (χ2n) is 5.76. The molecule has 0 saturated heterocycles. The molecule has 0 saturated carbocycles. The summed E-state index contributed by atoms with van der Waals surface area (Å²) in [5.41, 5.74) is 3.00. The Morgan fingerprint density at radius 2 is 1.56 bits per heavy atom. The van der Waals surface area contributed by atoms with Crippen LogP contribution in [0.3, 0.4) is 0 Å². The minimum Gasteiger partial charge on any atom is -0.452 e. The van der Waals surface area contributed by atoms with Gasteiger partial charge >= 0.3 is 5.97 Å². The molecule has 27 heavy (non-hydrogen) atoms. The number of hydrogen-bond donors (Lipinski definition) is 1. The summed E-state index contributed by atoms with van der Waals surface area (Å²) in [4.78, 5) is 25.4. The predicted molar refractivity (Wildman–Crippen MR) is 109 cm³/mol. The van der Waals surface area contributed by atoms with Crippen LogP contribution in [0.1, 0.15) is 10.4 Å². The lowest BCUT2D eigenvalue weighted by Crippen LogP contribution is -2.21. The molecule has 0 unspecified atom stereocenters. The monoisotopic (exact) mass is 377 g/mol. The highest BCUT2D eigenvalue weighted by Crippen LogP contribution is 2.27. The lowest BCUT2D eigenvalue weighted by molar-refractivity contribution is -0.119. The molecule has 1 N–H and O–H groups in total. The quantitative estimate of drug-likeness (QED) is 0.492. The molecule has 0 spiro atoms. The van der Waals surface area contributed by atoms with E-state index < -0.39 is 5.97 Å². The summed E-state index contributed by atoms with van der Waals surface area (Å²) in [6.07, 6.45) is 1.96. The van der Waals surface area contributed by atoms with E-state index in [2.05, 4.69) is 5.32 Å². The van der Waals surface area contributed by atoms with Gasteiger partial charge in [0.05, 0.1) is 5.56 Å². The predicted octanol–water partition coefficient (Wildman–Crippen LogP) is 4.87. The van der Waals surface area contributed by atoms with Crippen LogP contribution in [-0.4, -0.2) is 24.7 Å². The Labute approximate surface area is 162 Å². The van der Waals surface area contributed by atoms with Crippen LogP contribution < -0.4 is 5.32 Å². The fraction of sp³-hybridized carbons (Fsp3) is 0.0909. The fourth-order valence-corrected chi connectivity index (χ4v) is 3.00. The smallest absolute Gasteiger partial charge is 0.338 e. The van der Waals surface area contributed by atoms with Crippen LogP contribution in [0.25, 0.3) is 11.1 Å². The van der Waals surface area contributed by atoms with E-state index in [1.807, 2.05) is 73.0 Å². The maximum atomic E-state index is 12.2. The zero-order valence-corrected chi connectivity index (χ0v) is 15.7. The van der Waals surface area contributed by atoms with E-state index in [0.29, 0.717) is 11.3 Å². The minimum absolute atomic E-state index is 0.341. The number of rotatable bonds is 6. The standard InChI is InChI=1S/C22H19NO3S/c1-27-18-13-11-17(12-14-18)22(25)26-15-21(24)23-20-10-6-5-9-19(20)16-7-3-2-4-8-16/h2-14H,15H2,1H3,(H,23,24). The number of esters is 1. The summed E-state index contributed by atoms with van der Waals surface area (Å²) in [5.74, 6) is -0.901. The molecule has 0 aromatic heterocycles. The first-order valence-corrected chi connectivity index (χ1v) is 9.65. The van der Waals surface area contributed by atoms with E-state index in [-0.39, 0.29) is 12.5 Å². The van der Waals surface area contributed by atoms with Gasteiger partial charge in [0.1, 0.15) is 0 Å². The van der Waals surface area contributed by atoms with Crippen molar-refractivity contribution in [2.75, 3.05) is 18.2 Å². The number of amides is 1. The van der Waals surface area contributed by atoms with Gasteiger partial charge in [0.25, 0.3) is 5.91 Å². The Balaban J connectivity index is 1.62. The van der Waals surface area contributed by atoms with Gasteiger partial charge in [-0.15, -0.1) is 11.8 Å². The van der Waals surface area contributed by atoms with Crippen LogP contribution >= 0.6 is 11.8 Å². The Bertz CT molecular complexity index is 924. The third-order valence-electron chi connectivity index (χ3n) is 3.95. The molecule has 0 radical (unpaired) electrons. The molecule has 0 bridgehead atoms. The highest BCUT2D eigenvalue weighted by atomic mass is 32.2. The van der Waals surface area contributed by atoms with Crippen LogP contribution in [0.15, 0.2) is 83.8 Å². The van der Waals surface area contributed by atoms with Gasteiger partial charge in [-0.05, 0) is 42.2 Å². The molecule has 3 aromatic carbocycles. The fourth-order valence-electron chi connectivity index (χ4n) is 2.59. The summed E-state index contributed by atoms with van der Waals surface area (Å²) >= 11 is 1.59. The molecular formula is C22H19NO3S. The first-order valence-electron chi connectivity index (χ1n) is 8.43. The molecule has 0 atom stereocenters. The zero-order valence-electron chi connectivity index (χ0n) is 14.8. The van der Waals surface area contributed by atoms with Crippen molar-refractivity contribution in [1.82, 2.24) is 0 Å². The minimum atomic E-state index is -0.519. The third-order valence-corrected chi connectivity index (χ3v) is 4.69. The summed E-state index contributed by atoms with van der Waals surface area (Å²) in [5, 5.41) is 2.81. The molecular weight excluding hydrogens is 358 g/mol. The van der Waals surface area contributed by atoms with Crippen molar-refractivity contribution in [3.63, 3.8) is 0 Å². The van der Waals surface area contributed by atoms with Crippen molar-refractivity contribution in [2.24, 2.45) is 0 Å². The van der Waals surface area contributed by atoms with E-state index in [1.165, 1.54) is 0 Å². The normalized spacial score (nSPS) is 10.3. The Morgan fingerprint density at radius 1 is 0.889 bits per heavy atom. The average Bonchev–Trinajstić information content (AvgIpc) is 2.73. The Kier molecular flexibility index (Phi) is 6.28. The largest absolute Gasteiger partial charge is 0.452 e. The van der Waals surface area contributed by atoms with Gasteiger partial charge in [0.15, 0.2) is 6.61 Å². The molecule has 0 fully saturated rings. The molecule has 1 amide bonds. The summed E-state index contributed by atoms with van der Waals surface area (Å²) < 4.78 is 5.12. The SMILES string of the molecule is CSc1ccc(C(=O)OCC(=O)Nc2ccccc2-c2ccccc2)cc1. The summed E-state index contributed by atoms with van der Waals surface area (Å²) in [7, 11) is 0. The number of nitrogens with one attached hydrogen (secondary N) is 1. The van der Waals surface area contributed by atoms with E-state index in [0.717, 1.165) is 16.0 Å².